The van der Waals surface area contributed by atoms with Crippen LogP contribution in [0.5, 0.6) is 0 Å². The Morgan fingerprint density at radius 1 is 0.846 bits per heavy atom. The van der Waals surface area contributed by atoms with Crippen LogP contribution in [0.15, 0.2) is 48.5 Å². The van der Waals surface area contributed by atoms with Gasteiger partial charge in [-0.1, -0.05) is 18.2 Å². The second-order valence-corrected chi connectivity index (χ2v) is 7.41. The first kappa shape index (κ1) is 14.4. The maximum absolute atomic E-state index is 12.9. The number of rotatable bonds is 1. The zero-order chi connectivity index (χ0) is 17.4. The third-order valence-electron chi connectivity index (χ3n) is 6.04. The number of pyridine rings is 1. The van der Waals surface area contributed by atoms with Crippen molar-refractivity contribution in [3.63, 3.8) is 0 Å². The van der Waals surface area contributed by atoms with Crippen molar-refractivity contribution in [1.82, 2.24) is 4.98 Å². The lowest BCUT2D eigenvalue weighted by Gasteiger charge is -2.18. The predicted octanol–water partition coefficient (Wildman–Crippen LogP) is 3.05. The first-order valence-electron chi connectivity index (χ1n) is 9.03. The molecule has 4 heterocycles. The van der Waals surface area contributed by atoms with Crippen LogP contribution < -0.4 is 4.90 Å². The number of aromatic nitrogens is 1. The van der Waals surface area contributed by atoms with Crippen molar-refractivity contribution in [1.29, 1.82) is 0 Å². The van der Waals surface area contributed by atoms with Gasteiger partial charge < -0.3 is 4.74 Å². The average Bonchev–Trinajstić information content (AvgIpc) is 3.33. The Morgan fingerprint density at radius 2 is 1.54 bits per heavy atom. The number of nitrogens with zero attached hydrogens (tertiary/aromatic N) is 2. The molecule has 3 aromatic rings. The van der Waals surface area contributed by atoms with Gasteiger partial charge in [-0.25, -0.2) is 9.88 Å². The van der Waals surface area contributed by atoms with Crippen molar-refractivity contribution in [3.05, 3.63) is 48.5 Å². The number of imide groups is 1. The highest BCUT2D eigenvalue weighted by molar-refractivity contribution is 6.23. The van der Waals surface area contributed by atoms with E-state index in [0.717, 1.165) is 34.6 Å². The molecule has 1 aromatic heterocycles. The second-order valence-electron chi connectivity index (χ2n) is 7.41. The first-order chi connectivity index (χ1) is 12.7. The minimum Gasteiger partial charge on any atom is -0.373 e. The summed E-state index contributed by atoms with van der Waals surface area (Å²) in [6.07, 6.45) is 1.59. The van der Waals surface area contributed by atoms with Crippen LogP contribution >= 0.6 is 0 Å². The molecule has 128 valence electrons. The monoisotopic (exact) mass is 344 g/mol. The Labute approximate surface area is 149 Å². The second kappa shape index (κ2) is 4.89. The van der Waals surface area contributed by atoms with Gasteiger partial charge in [-0.3, -0.25) is 9.59 Å². The molecular formula is C21H16N2O3. The number of ether oxygens (including phenoxy) is 1. The summed E-state index contributed by atoms with van der Waals surface area (Å²) in [5.74, 6) is -0.820. The lowest BCUT2D eigenvalue weighted by Crippen LogP contribution is -2.34. The predicted molar refractivity (Wildman–Crippen MR) is 96.6 cm³/mol. The van der Waals surface area contributed by atoms with E-state index in [-0.39, 0.29) is 35.9 Å². The molecule has 0 spiro atoms. The van der Waals surface area contributed by atoms with E-state index < -0.39 is 0 Å². The number of benzene rings is 2. The van der Waals surface area contributed by atoms with Crippen LogP contribution in [0.2, 0.25) is 0 Å². The van der Waals surface area contributed by atoms with Crippen molar-refractivity contribution in [2.24, 2.45) is 11.8 Å². The molecule has 2 bridgehead atoms. The Bertz CT molecular complexity index is 1080. The fraction of sp³-hybridized carbons (Fsp3) is 0.286. The van der Waals surface area contributed by atoms with Crippen LogP contribution in [0.4, 0.5) is 5.69 Å². The van der Waals surface area contributed by atoms with Gasteiger partial charge in [0.15, 0.2) is 0 Å². The number of amides is 2. The number of anilines is 1. The van der Waals surface area contributed by atoms with Gasteiger partial charge in [0, 0.05) is 10.8 Å². The number of carbonyl (C=O) groups excluding carboxylic acids is 2. The number of hydrogen-bond acceptors (Lipinski definition) is 4. The van der Waals surface area contributed by atoms with Gasteiger partial charge in [-0.2, -0.15) is 0 Å². The topological polar surface area (TPSA) is 59.5 Å². The third-order valence-corrected chi connectivity index (χ3v) is 6.04. The number of para-hydroxylation sites is 1. The molecule has 3 saturated heterocycles. The van der Waals surface area contributed by atoms with Gasteiger partial charge in [0.1, 0.15) is 0 Å². The van der Waals surface area contributed by atoms with Gasteiger partial charge in [-0.05, 0) is 43.2 Å². The molecule has 2 aromatic carbocycles. The lowest BCUT2D eigenvalue weighted by molar-refractivity contribution is -0.124. The van der Waals surface area contributed by atoms with Gasteiger partial charge in [-0.15, -0.1) is 0 Å². The Hall–Kier alpha value is -2.79. The molecule has 5 heteroatoms. The Morgan fingerprint density at radius 3 is 2.31 bits per heavy atom. The highest BCUT2D eigenvalue weighted by atomic mass is 16.5. The minimum absolute atomic E-state index is 0.0856. The van der Waals surface area contributed by atoms with E-state index in [1.54, 1.807) is 0 Å². The SMILES string of the molecule is O=C1[C@@H]2[C@@H](C(=O)N1c1ccc3nc4ccccc4cc3c1)[C@H]1CC[C@H]2O1. The van der Waals surface area contributed by atoms with Crippen molar-refractivity contribution < 1.29 is 14.3 Å². The standard InChI is InChI=1S/C21H16N2O3/c24-20-18-16-7-8-17(26-16)19(18)21(25)23(20)13-5-6-15-12(10-13)9-11-3-1-2-4-14(11)22-15/h1-6,9-10,16-19H,7-8H2/t16-,17-,18+,19+/m1/s1. The van der Waals surface area contributed by atoms with Gasteiger partial charge >= 0.3 is 0 Å². The quantitative estimate of drug-likeness (QED) is 0.503. The number of hydrogen-bond donors (Lipinski definition) is 0. The maximum Gasteiger partial charge on any atom is 0.240 e. The molecule has 0 radical (unpaired) electrons. The van der Waals surface area contributed by atoms with E-state index in [9.17, 15) is 9.59 Å². The van der Waals surface area contributed by atoms with Crippen LogP contribution in [0, 0.1) is 11.8 Å². The van der Waals surface area contributed by atoms with Crippen LogP contribution in [-0.2, 0) is 14.3 Å². The summed E-state index contributed by atoms with van der Waals surface area (Å²) in [4.78, 5) is 31.9. The molecule has 0 saturated carbocycles. The summed E-state index contributed by atoms with van der Waals surface area (Å²) < 4.78 is 5.80. The lowest BCUT2D eigenvalue weighted by atomic mass is 9.81. The van der Waals surface area contributed by atoms with Crippen molar-refractivity contribution >= 4 is 39.3 Å². The fourth-order valence-electron chi connectivity index (χ4n) is 4.87. The summed E-state index contributed by atoms with van der Waals surface area (Å²) in [7, 11) is 0. The smallest absolute Gasteiger partial charge is 0.240 e. The van der Waals surface area contributed by atoms with E-state index >= 15 is 0 Å². The van der Waals surface area contributed by atoms with Crippen LogP contribution in [0.1, 0.15) is 12.8 Å². The average molecular weight is 344 g/mol. The van der Waals surface area contributed by atoms with E-state index in [1.165, 1.54) is 4.90 Å². The largest absolute Gasteiger partial charge is 0.373 e. The molecule has 0 aliphatic carbocycles. The number of fused-ring (bicyclic) bond motifs is 7. The molecular weight excluding hydrogens is 328 g/mol. The van der Waals surface area contributed by atoms with Gasteiger partial charge in [0.05, 0.1) is 40.8 Å². The number of carbonyl (C=O) groups is 2. The zero-order valence-electron chi connectivity index (χ0n) is 14.0. The van der Waals surface area contributed by atoms with Crippen molar-refractivity contribution in [2.45, 2.75) is 25.0 Å². The summed E-state index contributed by atoms with van der Waals surface area (Å²) in [6.45, 7) is 0. The first-order valence-corrected chi connectivity index (χ1v) is 9.03. The molecule has 3 aliphatic rings. The third kappa shape index (κ3) is 1.76. The summed E-state index contributed by atoms with van der Waals surface area (Å²) in [5, 5.41) is 1.97. The molecule has 0 N–H and O–H groups in total. The zero-order valence-corrected chi connectivity index (χ0v) is 14.0. The molecule has 6 rings (SSSR count). The summed E-state index contributed by atoms with van der Waals surface area (Å²) in [6, 6.07) is 15.6. The fourth-order valence-corrected chi connectivity index (χ4v) is 4.87. The molecule has 3 fully saturated rings. The molecule has 26 heavy (non-hydrogen) atoms. The van der Waals surface area contributed by atoms with Crippen LogP contribution in [-0.4, -0.2) is 29.0 Å². The summed E-state index contributed by atoms with van der Waals surface area (Å²) >= 11 is 0. The van der Waals surface area contributed by atoms with E-state index in [4.69, 9.17) is 4.74 Å². The van der Waals surface area contributed by atoms with Gasteiger partial charge in [0.2, 0.25) is 11.8 Å². The van der Waals surface area contributed by atoms with E-state index in [1.807, 2.05) is 42.5 Å². The minimum atomic E-state index is -0.299. The highest BCUT2D eigenvalue weighted by Gasteiger charge is 2.62. The van der Waals surface area contributed by atoms with Crippen molar-refractivity contribution in [3.8, 4) is 0 Å². The summed E-state index contributed by atoms with van der Waals surface area (Å²) in [5.41, 5.74) is 2.43. The molecule has 4 atom stereocenters. The van der Waals surface area contributed by atoms with Gasteiger partial charge in [0.25, 0.3) is 0 Å². The van der Waals surface area contributed by atoms with E-state index in [0.29, 0.717) is 5.69 Å². The normalized spacial score (nSPS) is 29.9. The van der Waals surface area contributed by atoms with E-state index in [2.05, 4.69) is 11.1 Å². The Kier molecular flexibility index (Phi) is 2.70. The molecule has 5 nitrogen and oxygen atoms in total. The molecule has 3 aliphatic heterocycles. The molecule has 0 unspecified atom stereocenters. The van der Waals surface area contributed by atoms with Crippen LogP contribution in [0.3, 0.4) is 0 Å². The van der Waals surface area contributed by atoms with Crippen molar-refractivity contribution in [2.75, 3.05) is 4.90 Å². The van der Waals surface area contributed by atoms with Crippen LogP contribution in [0.25, 0.3) is 21.8 Å². The molecule has 2 amide bonds. The maximum atomic E-state index is 12.9. The Balaban J connectivity index is 1.47. The highest BCUT2D eigenvalue weighted by Crippen LogP contribution is 2.49.